The molecule has 1 saturated heterocycles. The summed E-state index contributed by atoms with van der Waals surface area (Å²) in [6.07, 6.45) is -4.01. The molecule has 0 radical (unpaired) electrons. The number of fused-ring (bicyclic) bond motifs is 1. The van der Waals surface area contributed by atoms with Crippen molar-refractivity contribution in [3.63, 3.8) is 0 Å². The van der Waals surface area contributed by atoms with Crippen molar-refractivity contribution in [1.29, 1.82) is 0 Å². The molecule has 1 fully saturated rings. The molecule has 1 spiro atoms. The standard InChI is InChI=1S/C15H15F3N2O2/c1-7-9-6-8-2-3-10(21)12-11(8)14(7,19-12)4-5-20(9)13(22)15(16,17)18/h2-3,7,9,19,21H,4-6H2,1H3/t7-,9-,14+/m1/s1. The van der Waals surface area contributed by atoms with E-state index in [2.05, 4.69) is 5.32 Å². The lowest BCUT2D eigenvalue weighted by Crippen LogP contribution is -2.67. The van der Waals surface area contributed by atoms with Gasteiger partial charge in [-0.15, -0.1) is 0 Å². The van der Waals surface area contributed by atoms with Gasteiger partial charge in [0.05, 0.1) is 11.2 Å². The first-order valence-electron chi connectivity index (χ1n) is 7.27. The predicted octanol–water partition coefficient (Wildman–Crippen LogP) is 2.37. The minimum Gasteiger partial charge on any atom is -0.506 e. The van der Waals surface area contributed by atoms with E-state index in [1.54, 1.807) is 12.1 Å². The molecule has 2 aliphatic heterocycles. The quantitative estimate of drug-likeness (QED) is 0.723. The summed E-state index contributed by atoms with van der Waals surface area (Å²) in [4.78, 5) is 12.7. The third kappa shape index (κ3) is 1.46. The molecule has 0 unspecified atom stereocenters. The SMILES string of the molecule is C[C@@H]1[C@H]2Cc3ccc(O)c4c3[C@@]1(CCN2C(=O)C(F)(F)F)N4. The van der Waals surface area contributed by atoms with E-state index in [9.17, 15) is 23.1 Å². The molecule has 1 aliphatic carbocycles. The Hall–Kier alpha value is -1.92. The number of rotatable bonds is 0. The molecule has 3 aliphatic rings. The van der Waals surface area contributed by atoms with E-state index in [-0.39, 0.29) is 18.2 Å². The van der Waals surface area contributed by atoms with Gasteiger partial charge < -0.3 is 15.3 Å². The van der Waals surface area contributed by atoms with Gasteiger partial charge in [0, 0.05) is 24.1 Å². The summed E-state index contributed by atoms with van der Waals surface area (Å²) in [5, 5.41) is 13.1. The molecule has 118 valence electrons. The maximum absolute atomic E-state index is 12.8. The number of phenolic OH excluding ortho intramolecular Hbond substituents is 1. The number of nitrogens with zero attached hydrogens (tertiary/aromatic N) is 1. The fraction of sp³-hybridized carbons (Fsp3) is 0.533. The molecule has 1 aromatic rings. The fourth-order valence-corrected chi connectivity index (χ4v) is 4.41. The van der Waals surface area contributed by atoms with Crippen molar-refractivity contribution >= 4 is 11.6 Å². The smallest absolute Gasteiger partial charge is 0.471 e. The summed E-state index contributed by atoms with van der Waals surface area (Å²) in [7, 11) is 0. The van der Waals surface area contributed by atoms with Gasteiger partial charge in [-0.3, -0.25) is 4.79 Å². The molecule has 0 saturated carbocycles. The van der Waals surface area contributed by atoms with Crippen molar-refractivity contribution in [3.05, 3.63) is 23.3 Å². The summed E-state index contributed by atoms with van der Waals surface area (Å²) in [6.45, 7) is 1.96. The monoisotopic (exact) mass is 312 g/mol. The lowest BCUT2D eigenvalue weighted by molar-refractivity contribution is -0.192. The van der Waals surface area contributed by atoms with Crippen LogP contribution >= 0.6 is 0 Å². The number of alkyl halides is 3. The number of phenols is 1. The van der Waals surface area contributed by atoms with Crippen molar-refractivity contribution in [2.45, 2.75) is 37.5 Å². The molecule has 4 rings (SSSR count). The number of likely N-dealkylation sites (tertiary alicyclic amines) is 1. The first-order valence-corrected chi connectivity index (χ1v) is 7.27. The van der Waals surface area contributed by atoms with Crippen LogP contribution in [-0.4, -0.2) is 34.7 Å². The van der Waals surface area contributed by atoms with Crippen LogP contribution in [0.15, 0.2) is 12.1 Å². The number of hydrogen-bond donors (Lipinski definition) is 2. The molecule has 4 nitrogen and oxygen atoms in total. The highest BCUT2D eigenvalue weighted by molar-refractivity contribution is 5.84. The van der Waals surface area contributed by atoms with Crippen molar-refractivity contribution in [2.75, 3.05) is 11.9 Å². The first kappa shape index (κ1) is 13.7. The molecular weight excluding hydrogens is 297 g/mol. The zero-order valence-electron chi connectivity index (χ0n) is 11.9. The number of amides is 1. The maximum Gasteiger partial charge on any atom is 0.471 e. The number of benzene rings is 1. The van der Waals surface area contributed by atoms with E-state index >= 15 is 0 Å². The lowest BCUT2D eigenvalue weighted by atomic mass is 9.59. The summed E-state index contributed by atoms with van der Waals surface area (Å²) < 4.78 is 38.4. The zero-order chi connectivity index (χ0) is 15.9. The highest BCUT2D eigenvalue weighted by Crippen LogP contribution is 2.59. The number of halogens is 3. The number of carbonyl (C=O) groups is 1. The van der Waals surface area contributed by atoms with Crippen molar-refractivity contribution in [2.24, 2.45) is 5.92 Å². The normalized spacial score (nSPS) is 31.9. The van der Waals surface area contributed by atoms with Gasteiger partial charge in [-0.25, -0.2) is 0 Å². The van der Waals surface area contributed by atoms with Gasteiger partial charge in [0.15, 0.2) is 0 Å². The van der Waals surface area contributed by atoms with Gasteiger partial charge in [0.2, 0.25) is 0 Å². The van der Waals surface area contributed by atoms with Crippen LogP contribution in [0.25, 0.3) is 0 Å². The maximum atomic E-state index is 12.8. The van der Waals surface area contributed by atoms with Crippen LogP contribution in [0.2, 0.25) is 0 Å². The average molecular weight is 312 g/mol. The second kappa shape index (κ2) is 3.88. The Kier molecular flexibility index (Phi) is 2.42. The van der Waals surface area contributed by atoms with E-state index in [4.69, 9.17) is 0 Å². The summed E-state index contributed by atoms with van der Waals surface area (Å²) in [6, 6.07) is 2.83. The highest BCUT2D eigenvalue weighted by Gasteiger charge is 2.60. The van der Waals surface area contributed by atoms with Crippen molar-refractivity contribution < 1.29 is 23.1 Å². The van der Waals surface area contributed by atoms with Crippen molar-refractivity contribution in [1.82, 2.24) is 4.90 Å². The average Bonchev–Trinajstić information content (AvgIpc) is 2.40. The zero-order valence-corrected chi connectivity index (χ0v) is 11.9. The summed E-state index contributed by atoms with van der Waals surface area (Å²) >= 11 is 0. The molecular formula is C15H15F3N2O2. The molecule has 22 heavy (non-hydrogen) atoms. The third-order valence-corrected chi connectivity index (χ3v) is 5.50. The topological polar surface area (TPSA) is 52.6 Å². The molecule has 1 aromatic carbocycles. The molecule has 3 atom stereocenters. The number of anilines is 1. The van der Waals surface area contributed by atoms with Crippen LogP contribution in [-0.2, 0) is 16.8 Å². The predicted molar refractivity (Wildman–Crippen MR) is 72.4 cm³/mol. The number of aromatic hydroxyl groups is 1. The Morgan fingerprint density at radius 1 is 1.45 bits per heavy atom. The Labute approximate surface area is 124 Å². The van der Waals surface area contributed by atoms with Crippen LogP contribution in [0, 0.1) is 5.92 Å². The Balaban J connectivity index is 1.77. The highest BCUT2D eigenvalue weighted by atomic mass is 19.4. The Morgan fingerprint density at radius 2 is 2.18 bits per heavy atom. The van der Waals surface area contributed by atoms with Gasteiger partial charge in [-0.1, -0.05) is 13.0 Å². The minimum absolute atomic E-state index is 0.0783. The van der Waals surface area contributed by atoms with Gasteiger partial charge in [0.1, 0.15) is 5.75 Å². The van der Waals surface area contributed by atoms with Gasteiger partial charge in [-0.05, 0) is 24.5 Å². The van der Waals surface area contributed by atoms with E-state index in [1.165, 1.54) is 0 Å². The molecule has 2 heterocycles. The van der Waals surface area contributed by atoms with Gasteiger partial charge >= 0.3 is 12.1 Å². The number of hydrogen-bond acceptors (Lipinski definition) is 3. The van der Waals surface area contributed by atoms with Crippen LogP contribution in [0.1, 0.15) is 24.5 Å². The molecule has 7 heteroatoms. The molecule has 2 bridgehead atoms. The van der Waals surface area contributed by atoms with Gasteiger partial charge in [0.25, 0.3) is 0 Å². The van der Waals surface area contributed by atoms with Gasteiger partial charge in [-0.2, -0.15) is 13.2 Å². The number of carbonyl (C=O) groups excluding carboxylic acids is 1. The largest absolute Gasteiger partial charge is 0.506 e. The molecule has 0 aromatic heterocycles. The second-order valence-electron chi connectivity index (χ2n) is 6.40. The summed E-state index contributed by atoms with van der Waals surface area (Å²) in [5.41, 5.74) is 2.23. The van der Waals surface area contributed by atoms with E-state index in [1.807, 2.05) is 6.92 Å². The Morgan fingerprint density at radius 3 is 2.86 bits per heavy atom. The van der Waals surface area contributed by atoms with E-state index in [0.29, 0.717) is 18.5 Å². The van der Waals surface area contributed by atoms with Crippen LogP contribution in [0.4, 0.5) is 18.9 Å². The summed E-state index contributed by atoms with van der Waals surface area (Å²) in [5.74, 6) is -1.71. The molecule has 2 N–H and O–H groups in total. The van der Waals surface area contributed by atoms with Crippen LogP contribution < -0.4 is 5.32 Å². The minimum atomic E-state index is -4.84. The fourth-order valence-electron chi connectivity index (χ4n) is 4.41. The van der Waals surface area contributed by atoms with Crippen molar-refractivity contribution in [3.8, 4) is 5.75 Å². The Bertz CT molecular complexity index is 688. The number of piperidine rings is 1. The third-order valence-electron chi connectivity index (χ3n) is 5.50. The van der Waals surface area contributed by atoms with E-state index in [0.717, 1.165) is 16.0 Å². The second-order valence-corrected chi connectivity index (χ2v) is 6.40. The lowest BCUT2D eigenvalue weighted by Gasteiger charge is -2.61. The van der Waals surface area contributed by atoms with E-state index < -0.39 is 23.7 Å². The molecule has 1 amide bonds. The first-order chi connectivity index (χ1) is 10.3. The van der Waals surface area contributed by atoms with Crippen LogP contribution in [0.3, 0.4) is 0 Å². The number of nitrogens with one attached hydrogen (secondary N) is 1. The van der Waals surface area contributed by atoms with Crippen LogP contribution in [0.5, 0.6) is 5.75 Å².